The maximum absolute atomic E-state index is 14.1. The van der Waals surface area contributed by atoms with Gasteiger partial charge in [0.1, 0.15) is 17.7 Å². The maximum atomic E-state index is 14.1. The Hall–Kier alpha value is -3.55. The summed E-state index contributed by atoms with van der Waals surface area (Å²) in [5, 5.41) is 5.75. The number of likely N-dealkylation sites (N-methyl/N-ethyl adjacent to an activating group) is 1. The average molecular weight is 744 g/mol. The third kappa shape index (κ3) is 12.2. The van der Waals surface area contributed by atoms with Gasteiger partial charge in [0.2, 0.25) is 23.6 Å². The van der Waals surface area contributed by atoms with Crippen molar-refractivity contribution in [3.05, 3.63) is 35.9 Å². The van der Waals surface area contributed by atoms with Crippen molar-refractivity contribution in [2.24, 2.45) is 23.5 Å². The highest BCUT2D eigenvalue weighted by Gasteiger charge is 2.46. The molecule has 7 atom stereocenters. The summed E-state index contributed by atoms with van der Waals surface area (Å²) in [6, 6.07) is 6.93. The van der Waals surface area contributed by atoms with E-state index >= 15 is 0 Å². The summed E-state index contributed by atoms with van der Waals surface area (Å²) in [4.78, 5) is 71.3. The molecular formula is C40H65N5O8. The van der Waals surface area contributed by atoms with Crippen LogP contribution >= 0.6 is 0 Å². The van der Waals surface area contributed by atoms with Crippen molar-refractivity contribution in [3.63, 3.8) is 0 Å². The Bertz CT molecular complexity index is 1400. The van der Waals surface area contributed by atoms with Gasteiger partial charge in [0.05, 0.1) is 42.2 Å². The highest BCUT2D eigenvalue weighted by atomic mass is 16.6. The minimum absolute atomic E-state index is 0.0229. The van der Waals surface area contributed by atoms with Crippen molar-refractivity contribution in [2.75, 3.05) is 27.8 Å². The fourth-order valence-electron chi connectivity index (χ4n) is 7.15. The molecule has 0 radical (unpaired) electrons. The summed E-state index contributed by atoms with van der Waals surface area (Å²) in [6.07, 6.45) is 2.18. The zero-order valence-electron chi connectivity index (χ0n) is 33.8. The standard InChI is InChI=1S/C40H65N5O8/c1-24(2)32(43-38(50)40(7,8)41)36(48)44(9)33(27-19-20-27)30(51-10)23-31(46)45-21-15-18-29(45)34(52-11)25(3)35(47)42-28(37(49)53-39(4,5)6)22-26-16-13-12-14-17-26/h12-14,16-17,24-25,27-30,32-34H,15,18-23,41H2,1-11H3,(H,42,47)(H,43,50). The SMILES string of the molecule is COC(CC(=O)N1CCCC1C(OC)C(C)C(=O)NC(Cc1ccccc1)C(=O)OC(C)(C)C)C(C1CC1)N(C)C(=O)C(NC(=O)C(C)(C)N)C(C)C. The highest BCUT2D eigenvalue weighted by molar-refractivity contribution is 5.92. The molecule has 4 amide bonds. The molecule has 1 saturated heterocycles. The lowest BCUT2D eigenvalue weighted by Gasteiger charge is -2.39. The lowest BCUT2D eigenvalue weighted by molar-refractivity contribution is -0.159. The number of ether oxygens (including phenoxy) is 3. The number of amides is 4. The molecule has 1 aromatic carbocycles. The molecule has 1 aromatic rings. The van der Waals surface area contributed by atoms with Gasteiger partial charge in [0.15, 0.2) is 0 Å². The van der Waals surface area contributed by atoms with Gasteiger partial charge in [-0.1, -0.05) is 51.1 Å². The van der Waals surface area contributed by atoms with Crippen LogP contribution in [0.5, 0.6) is 0 Å². The van der Waals surface area contributed by atoms with Crippen LogP contribution in [-0.4, -0.2) is 115 Å². The van der Waals surface area contributed by atoms with E-state index in [1.54, 1.807) is 65.5 Å². The number of likely N-dealkylation sites (tertiary alicyclic amines) is 1. The first kappa shape index (κ1) is 43.9. The third-order valence-corrected chi connectivity index (χ3v) is 10.2. The smallest absolute Gasteiger partial charge is 0.329 e. The van der Waals surface area contributed by atoms with Gasteiger partial charge in [-0.2, -0.15) is 0 Å². The average Bonchev–Trinajstić information content (AvgIpc) is 3.80. The van der Waals surface area contributed by atoms with Crippen LogP contribution in [0, 0.1) is 17.8 Å². The number of hydrogen-bond acceptors (Lipinski definition) is 9. The van der Waals surface area contributed by atoms with Gasteiger partial charge in [0, 0.05) is 34.2 Å². The van der Waals surface area contributed by atoms with E-state index in [2.05, 4.69) is 10.6 Å². The molecule has 7 unspecified atom stereocenters. The Kier molecular flexibility index (Phi) is 15.4. The first-order valence-electron chi connectivity index (χ1n) is 19.0. The molecule has 0 aromatic heterocycles. The Morgan fingerprint density at radius 1 is 0.943 bits per heavy atom. The van der Waals surface area contributed by atoms with E-state index in [9.17, 15) is 24.0 Å². The molecule has 13 heteroatoms. The number of carbonyl (C=O) groups is 5. The number of nitrogens with zero attached hydrogens (tertiary/aromatic N) is 2. The zero-order valence-corrected chi connectivity index (χ0v) is 33.8. The topological polar surface area (TPSA) is 170 Å². The predicted molar refractivity (Wildman–Crippen MR) is 202 cm³/mol. The van der Waals surface area contributed by atoms with Crippen LogP contribution in [0.2, 0.25) is 0 Å². The van der Waals surface area contributed by atoms with E-state index in [4.69, 9.17) is 19.9 Å². The van der Waals surface area contributed by atoms with E-state index in [1.807, 2.05) is 44.2 Å². The molecule has 0 bridgehead atoms. The molecule has 298 valence electrons. The molecular weight excluding hydrogens is 678 g/mol. The maximum Gasteiger partial charge on any atom is 0.329 e. The number of hydrogen-bond donors (Lipinski definition) is 3. The summed E-state index contributed by atoms with van der Waals surface area (Å²) in [5.74, 6) is -2.51. The molecule has 1 aliphatic carbocycles. The number of benzene rings is 1. The molecule has 2 fully saturated rings. The number of esters is 1. The fraction of sp³-hybridized carbons (Fsp3) is 0.725. The predicted octanol–water partition coefficient (Wildman–Crippen LogP) is 3.22. The number of rotatable bonds is 18. The zero-order chi connectivity index (χ0) is 39.8. The summed E-state index contributed by atoms with van der Waals surface area (Å²) < 4.78 is 17.6. The number of methoxy groups -OCH3 is 2. The van der Waals surface area contributed by atoms with E-state index < -0.39 is 59.3 Å². The number of nitrogens with two attached hydrogens (primary N) is 1. The van der Waals surface area contributed by atoms with Crippen LogP contribution in [-0.2, 0) is 44.6 Å². The second-order valence-electron chi connectivity index (χ2n) is 16.7. The number of carbonyl (C=O) groups excluding carboxylic acids is 5. The van der Waals surface area contributed by atoms with Crippen molar-refractivity contribution in [1.82, 2.24) is 20.4 Å². The lowest BCUT2D eigenvalue weighted by Crippen LogP contribution is -2.60. The summed E-state index contributed by atoms with van der Waals surface area (Å²) in [5.41, 5.74) is 5.00. The molecule has 3 rings (SSSR count). The van der Waals surface area contributed by atoms with Gasteiger partial charge in [-0.05, 0) is 77.7 Å². The quantitative estimate of drug-likeness (QED) is 0.191. The monoisotopic (exact) mass is 743 g/mol. The van der Waals surface area contributed by atoms with E-state index in [0.29, 0.717) is 13.0 Å². The molecule has 1 saturated carbocycles. The normalized spacial score (nSPS) is 19.8. The lowest BCUT2D eigenvalue weighted by atomic mass is 9.93. The Labute approximate surface area is 316 Å². The first-order chi connectivity index (χ1) is 24.7. The van der Waals surface area contributed by atoms with E-state index in [0.717, 1.165) is 24.8 Å². The van der Waals surface area contributed by atoms with Crippen LogP contribution in [0.3, 0.4) is 0 Å². The van der Waals surface area contributed by atoms with Gasteiger partial charge in [0.25, 0.3) is 0 Å². The molecule has 13 nitrogen and oxygen atoms in total. The van der Waals surface area contributed by atoms with Crippen molar-refractivity contribution in [2.45, 2.75) is 141 Å². The molecule has 53 heavy (non-hydrogen) atoms. The Morgan fingerprint density at radius 2 is 1.57 bits per heavy atom. The van der Waals surface area contributed by atoms with Crippen LogP contribution in [0.15, 0.2) is 30.3 Å². The molecule has 4 N–H and O–H groups in total. The summed E-state index contributed by atoms with van der Waals surface area (Å²) in [6.45, 7) is 14.5. The third-order valence-electron chi connectivity index (χ3n) is 10.2. The molecule has 1 aliphatic heterocycles. The van der Waals surface area contributed by atoms with Crippen molar-refractivity contribution in [1.29, 1.82) is 0 Å². The Balaban J connectivity index is 1.76. The van der Waals surface area contributed by atoms with Crippen LogP contribution in [0.1, 0.15) is 93.1 Å². The van der Waals surface area contributed by atoms with Crippen molar-refractivity contribution in [3.8, 4) is 0 Å². The summed E-state index contributed by atoms with van der Waals surface area (Å²) in [7, 11) is 4.79. The van der Waals surface area contributed by atoms with Crippen LogP contribution in [0.4, 0.5) is 0 Å². The second kappa shape index (κ2) is 18.7. The highest BCUT2D eigenvalue weighted by Crippen LogP contribution is 2.39. The van der Waals surface area contributed by atoms with E-state index in [-0.39, 0.29) is 48.4 Å². The minimum atomic E-state index is -1.16. The minimum Gasteiger partial charge on any atom is -0.458 e. The van der Waals surface area contributed by atoms with E-state index in [1.165, 1.54) is 7.11 Å². The second-order valence-corrected chi connectivity index (χ2v) is 16.7. The van der Waals surface area contributed by atoms with Gasteiger partial charge < -0.3 is 40.4 Å². The van der Waals surface area contributed by atoms with Crippen molar-refractivity contribution >= 4 is 29.6 Å². The van der Waals surface area contributed by atoms with Crippen molar-refractivity contribution < 1.29 is 38.2 Å². The first-order valence-corrected chi connectivity index (χ1v) is 19.0. The molecule has 2 aliphatic rings. The molecule has 0 spiro atoms. The fourth-order valence-corrected chi connectivity index (χ4v) is 7.15. The number of nitrogens with one attached hydrogen (secondary N) is 2. The van der Waals surface area contributed by atoms with Crippen LogP contribution < -0.4 is 16.4 Å². The van der Waals surface area contributed by atoms with Crippen LogP contribution in [0.25, 0.3) is 0 Å². The van der Waals surface area contributed by atoms with Gasteiger partial charge in [-0.3, -0.25) is 19.2 Å². The Morgan fingerprint density at radius 3 is 2.08 bits per heavy atom. The van der Waals surface area contributed by atoms with Gasteiger partial charge in [-0.15, -0.1) is 0 Å². The van der Waals surface area contributed by atoms with Gasteiger partial charge >= 0.3 is 5.97 Å². The largest absolute Gasteiger partial charge is 0.458 e. The molecule has 1 heterocycles. The summed E-state index contributed by atoms with van der Waals surface area (Å²) >= 11 is 0. The van der Waals surface area contributed by atoms with Gasteiger partial charge in [-0.25, -0.2) is 4.79 Å².